The van der Waals surface area contributed by atoms with E-state index in [-0.39, 0.29) is 35.8 Å². The molecular formula is C20H26O5. The van der Waals surface area contributed by atoms with Crippen molar-refractivity contribution < 1.29 is 23.5 Å². The number of carbonyl (C=O) groups is 2. The van der Waals surface area contributed by atoms with Gasteiger partial charge in [0.1, 0.15) is 6.10 Å². The number of ether oxygens (including phenoxy) is 2. The molecule has 5 atom stereocenters. The van der Waals surface area contributed by atoms with E-state index in [1.165, 1.54) is 0 Å². The van der Waals surface area contributed by atoms with Gasteiger partial charge in [0.05, 0.1) is 12.4 Å². The first-order valence-electron chi connectivity index (χ1n) is 8.74. The zero-order chi connectivity index (χ0) is 18.5. The molecule has 0 N–H and O–H groups in total. The standard InChI is InChI=1S/C20H26O5/c1-10(2)19(22)25-14-8-7-13-16(21)17-15(11(3)9-24-17)18(23-6)20(13,5)12(14)4/h9,12-14,18H,1,7-8H2,2-6H3/t12-,13-,14-,18+,20+/m0/s1. The third-order valence-electron chi connectivity index (χ3n) is 6.26. The molecular weight excluding hydrogens is 320 g/mol. The molecule has 25 heavy (non-hydrogen) atoms. The summed E-state index contributed by atoms with van der Waals surface area (Å²) < 4.78 is 17.1. The highest BCUT2D eigenvalue weighted by molar-refractivity contribution is 5.99. The summed E-state index contributed by atoms with van der Waals surface area (Å²) in [7, 11) is 1.66. The lowest BCUT2D eigenvalue weighted by Crippen LogP contribution is -2.54. The number of furan rings is 1. The summed E-state index contributed by atoms with van der Waals surface area (Å²) in [6.07, 6.45) is 2.39. The lowest BCUT2D eigenvalue weighted by atomic mass is 9.53. The quantitative estimate of drug-likeness (QED) is 0.611. The molecule has 2 aliphatic rings. The first kappa shape index (κ1) is 17.9. The molecule has 0 aromatic carbocycles. The van der Waals surface area contributed by atoms with Gasteiger partial charge in [-0.25, -0.2) is 4.79 Å². The third-order valence-corrected chi connectivity index (χ3v) is 6.26. The van der Waals surface area contributed by atoms with Crippen LogP contribution in [0, 0.1) is 24.2 Å². The molecule has 1 heterocycles. The SMILES string of the molecule is C=C(C)C(=O)O[C@H]1CC[C@H]2C(=O)c3occ(C)c3[C@@H](OC)[C@]2(C)[C@H]1C. The normalized spacial score (nSPS) is 34.2. The number of methoxy groups -OCH3 is 1. The van der Waals surface area contributed by atoms with Crippen molar-refractivity contribution in [3.05, 3.63) is 35.3 Å². The van der Waals surface area contributed by atoms with Crippen LogP contribution < -0.4 is 0 Å². The summed E-state index contributed by atoms with van der Waals surface area (Å²) >= 11 is 0. The van der Waals surface area contributed by atoms with Crippen molar-refractivity contribution in [2.75, 3.05) is 7.11 Å². The number of hydrogen-bond donors (Lipinski definition) is 0. The van der Waals surface area contributed by atoms with Gasteiger partial charge in [-0.05, 0) is 32.3 Å². The lowest BCUT2D eigenvalue weighted by Gasteiger charge is -2.53. The van der Waals surface area contributed by atoms with Crippen molar-refractivity contribution in [2.24, 2.45) is 17.3 Å². The van der Waals surface area contributed by atoms with Crippen molar-refractivity contribution in [3.8, 4) is 0 Å². The van der Waals surface area contributed by atoms with Crippen LogP contribution in [-0.2, 0) is 14.3 Å². The first-order chi connectivity index (χ1) is 11.7. The van der Waals surface area contributed by atoms with Crippen LogP contribution >= 0.6 is 0 Å². The smallest absolute Gasteiger partial charge is 0.333 e. The predicted molar refractivity (Wildman–Crippen MR) is 92.2 cm³/mol. The summed E-state index contributed by atoms with van der Waals surface area (Å²) in [5, 5.41) is 0. The Kier molecular flexibility index (Phi) is 4.40. The summed E-state index contributed by atoms with van der Waals surface area (Å²) in [5.41, 5.74) is 1.68. The van der Waals surface area contributed by atoms with Gasteiger partial charge in [0.2, 0.25) is 5.78 Å². The Morgan fingerprint density at radius 1 is 1.40 bits per heavy atom. The number of rotatable bonds is 3. The fourth-order valence-electron chi connectivity index (χ4n) is 4.65. The third kappa shape index (κ3) is 2.48. The second-order valence-electron chi connectivity index (χ2n) is 7.65. The Balaban J connectivity index is 2.03. The van der Waals surface area contributed by atoms with Gasteiger partial charge in [-0.15, -0.1) is 0 Å². The minimum Gasteiger partial charge on any atom is -0.461 e. The number of carbonyl (C=O) groups excluding carboxylic acids is 2. The maximum Gasteiger partial charge on any atom is 0.333 e. The number of esters is 1. The van der Waals surface area contributed by atoms with Gasteiger partial charge in [0, 0.05) is 35.5 Å². The van der Waals surface area contributed by atoms with E-state index in [0.29, 0.717) is 24.2 Å². The van der Waals surface area contributed by atoms with Gasteiger partial charge in [0.25, 0.3) is 0 Å². The van der Waals surface area contributed by atoms with Crippen LogP contribution in [0.5, 0.6) is 0 Å². The molecule has 0 amide bonds. The highest BCUT2D eigenvalue weighted by atomic mass is 16.5. The summed E-state index contributed by atoms with van der Waals surface area (Å²) in [5.74, 6) is -0.154. The van der Waals surface area contributed by atoms with Crippen LogP contribution in [0.2, 0.25) is 0 Å². The Morgan fingerprint density at radius 3 is 2.68 bits per heavy atom. The Morgan fingerprint density at radius 2 is 2.08 bits per heavy atom. The number of fused-ring (bicyclic) bond motifs is 2. The van der Waals surface area contributed by atoms with E-state index in [2.05, 4.69) is 13.5 Å². The average Bonchev–Trinajstić information content (AvgIpc) is 2.94. The number of ketones is 1. The largest absolute Gasteiger partial charge is 0.461 e. The fourth-order valence-corrected chi connectivity index (χ4v) is 4.65. The van der Waals surface area contributed by atoms with Crippen LogP contribution in [0.1, 0.15) is 61.4 Å². The van der Waals surface area contributed by atoms with E-state index in [9.17, 15) is 9.59 Å². The molecule has 0 unspecified atom stereocenters. The van der Waals surface area contributed by atoms with Crippen LogP contribution in [0.3, 0.4) is 0 Å². The Bertz CT molecular complexity index is 730. The minimum atomic E-state index is -0.467. The van der Waals surface area contributed by atoms with E-state index in [4.69, 9.17) is 13.9 Å². The molecule has 0 radical (unpaired) electrons. The topological polar surface area (TPSA) is 65.7 Å². The van der Waals surface area contributed by atoms with Crippen LogP contribution in [0.25, 0.3) is 0 Å². The molecule has 0 spiro atoms. The summed E-state index contributed by atoms with van der Waals surface area (Å²) in [6.45, 7) is 11.3. The highest BCUT2D eigenvalue weighted by Crippen LogP contribution is 2.59. The van der Waals surface area contributed by atoms with Crippen molar-refractivity contribution in [2.45, 2.75) is 52.7 Å². The highest BCUT2D eigenvalue weighted by Gasteiger charge is 2.59. The van der Waals surface area contributed by atoms with Crippen molar-refractivity contribution in [1.29, 1.82) is 0 Å². The van der Waals surface area contributed by atoms with Gasteiger partial charge in [-0.2, -0.15) is 0 Å². The maximum atomic E-state index is 13.0. The van der Waals surface area contributed by atoms with Gasteiger partial charge in [-0.3, -0.25) is 4.79 Å². The zero-order valence-electron chi connectivity index (χ0n) is 15.5. The second kappa shape index (κ2) is 6.13. The molecule has 1 aromatic heterocycles. The van der Waals surface area contributed by atoms with Crippen molar-refractivity contribution in [1.82, 2.24) is 0 Å². The van der Waals surface area contributed by atoms with Gasteiger partial charge in [-0.1, -0.05) is 20.4 Å². The molecule has 1 aromatic rings. The maximum absolute atomic E-state index is 13.0. The van der Waals surface area contributed by atoms with Crippen LogP contribution in [-0.4, -0.2) is 25.0 Å². The van der Waals surface area contributed by atoms with E-state index in [1.54, 1.807) is 20.3 Å². The molecule has 136 valence electrons. The van der Waals surface area contributed by atoms with E-state index >= 15 is 0 Å². The molecule has 0 aliphatic heterocycles. The first-order valence-corrected chi connectivity index (χ1v) is 8.74. The zero-order valence-corrected chi connectivity index (χ0v) is 15.5. The predicted octanol–water partition coefficient (Wildman–Crippen LogP) is 4.01. The lowest BCUT2D eigenvalue weighted by molar-refractivity contribution is -0.166. The summed E-state index contributed by atoms with van der Waals surface area (Å²) in [4.78, 5) is 25.1. The van der Waals surface area contributed by atoms with Gasteiger partial charge in [0.15, 0.2) is 5.76 Å². The molecule has 1 fully saturated rings. The molecule has 5 heteroatoms. The Hall–Kier alpha value is -1.88. The van der Waals surface area contributed by atoms with E-state index in [0.717, 1.165) is 11.1 Å². The molecule has 3 rings (SSSR count). The molecule has 1 saturated carbocycles. The van der Waals surface area contributed by atoms with E-state index < -0.39 is 5.41 Å². The van der Waals surface area contributed by atoms with Gasteiger partial charge < -0.3 is 13.9 Å². The molecule has 0 bridgehead atoms. The van der Waals surface area contributed by atoms with Crippen LogP contribution in [0.4, 0.5) is 0 Å². The van der Waals surface area contributed by atoms with Crippen molar-refractivity contribution in [3.63, 3.8) is 0 Å². The monoisotopic (exact) mass is 346 g/mol. The number of aryl methyl sites for hydroxylation is 1. The fraction of sp³-hybridized carbons (Fsp3) is 0.600. The number of hydrogen-bond acceptors (Lipinski definition) is 5. The minimum absolute atomic E-state index is 0.0362. The molecule has 5 nitrogen and oxygen atoms in total. The molecule has 0 saturated heterocycles. The average molecular weight is 346 g/mol. The molecule has 2 aliphatic carbocycles. The Labute approximate surface area is 148 Å². The van der Waals surface area contributed by atoms with E-state index in [1.807, 2.05) is 13.8 Å². The number of Topliss-reactive ketones (excluding diaryl/α,β-unsaturated/α-hetero) is 1. The summed E-state index contributed by atoms with van der Waals surface area (Å²) in [6, 6.07) is 0. The van der Waals surface area contributed by atoms with Crippen molar-refractivity contribution >= 4 is 11.8 Å². The van der Waals surface area contributed by atoms with Gasteiger partial charge >= 0.3 is 5.97 Å². The second-order valence-corrected chi connectivity index (χ2v) is 7.65. The van der Waals surface area contributed by atoms with Crippen LogP contribution in [0.15, 0.2) is 22.8 Å².